The fourth-order valence-electron chi connectivity index (χ4n) is 2.97. The Kier molecular flexibility index (Phi) is 5.89. The van der Waals surface area contributed by atoms with Crippen LogP contribution < -0.4 is 4.90 Å². The molecule has 0 spiro atoms. The topological polar surface area (TPSA) is 37.1 Å². The SMILES string of the molecule is CSc1ccc(C[NH+](C)CC(=O)N2CCC(c3ccccc3)=N2)cc1. The van der Waals surface area contributed by atoms with Crippen LogP contribution in [0.1, 0.15) is 17.5 Å². The van der Waals surface area contributed by atoms with Crippen molar-refractivity contribution >= 4 is 23.4 Å². The van der Waals surface area contributed by atoms with Gasteiger partial charge in [-0.15, -0.1) is 11.8 Å². The molecule has 1 N–H and O–H groups in total. The molecule has 0 saturated carbocycles. The number of benzene rings is 2. The standard InChI is InChI=1S/C20H23N3OS/c1-22(14-16-8-10-18(25-2)11-9-16)15-20(24)23-13-12-19(21-23)17-6-4-3-5-7-17/h3-11H,12-15H2,1-2H3/p+1. The summed E-state index contributed by atoms with van der Waals surface area (Å²) in [5.74, 6) is 0.0872. The third kappa shape index (κ3) is 4.71. The van der Waals surface area contributed by atoms with Crippen molar-refractivity contribution in [2.75, 3.05) is 26.4 Å². The minimum Gasteiger partial charge on any atom is -0.326 e. The Morgan fingerprint density at radius 2 is 1.88 bits per heavy atom. The number of hydrogen-bond acceptors (Lipinski definition) is 3. The van der Waals surface area contributed by atoms with Gasteiger partial charge >= 0.3 is 0 Å². The fourth-order valence-corrected chi connectivity index (χ4v) is 3.38. The van der Waals surface area contributed by atoms with E-state index in [1.165, 1.54) is 15.4 Å². The van der Waals surface area contributed by atoms with Gasteiger partial charge in [-0.3, -0.25) is 4.79 Å². The van der Waals surface area contributed by atoms with Gasteiger partial charge in [-0.25, -0.2) is 5.01 Å². The molecule has 5 heteroatoms. The predicted octanol–water partition coefficient (Wildman–Crippen LogP) is 2.06. The van der Waals surface area contributed by atoms with E-state index in [1.807, 2.05) is 30.3 Å². The summed E-state index contributed by atoms with van der Waals surface area (Å²) in [6.45, 7) is 1.97. The van der Waals surface area contributed by atoms with Gasteiger partial charge in [0.15, 0.2) is 6.54 Å². The minimum absolute atomic E-state index is 0.0872. The first kappa shape index (κ1) is 17.7. The molecule has 1 heterocycles. The van der Waals surface area contributed by atoms with Gasteiger partial charge in [0.25, 0.3) is 5.91 Å². The highest BCUT2D eigenvalue weighted by molar-refractivity contribution is 7.98. The number of hydrogen-bond donors (Lipinski definition) is 1. The van der Waals surface area contributed by atoms with Crippen LogP contribution in [0.5, 0.6) is 0 Å². The number of hydrazone groups is 1. The molecule has 1 aliphatic heterocycles. The highest BCUT2D eigenvalue weighted by Crippen LogP contribution is 2.15. The molecule has 1 amide bonds. The molecule has 0 bridgehead atoms. The van der Waals surface area contributed by atoms with Gasteiger partial charge in [-0.05, 0) is 24.0 Å². The van der Waals surface area contributed by atoms with Gasteiger partial charge in [-0.2, -0.15) is 5.10 Å². The molecule has 0 radical (unpaired) electrons. The molecular formula is C20H24N3OS+. The van der Waals surface area contributed by atoms with Crippen molar-refractivity contribution in [3.63, 3.8) is 0 Å². The summed E-state index contributed by atoms with van der Waals surface area (Å²) in [6.07, 6.45) is 2.90. The second-order valence-electron chi connectivity index (χ2n) is 6.34. The van der Waals surface area contributed by atoms with Crippen molar-refractivity contribution in [1.29, 1.82) is 0 Å². The predicted molar refractivity (Wildman–Crippen MR) is 103 cm³/mol. The monoisotopic (exact) mass is 354 g/mol. The highest BCUT2D eigenvalue weighted by Gasteiger charge is 2.23. The first-order chi connectivity index (χ1) is 12.2. The quantitative estimate of drug-likeness (QED) is 0.807. The first-order valence-corrected chi connectivity index (χ1v) is 9.75. The molecular weight excluding hydrogens is 330 g/mol. The molecule has 130 valence electrons. The first-order valence-electron chi connectivity index (χ1n) is 8.53. The van der Waals surface area contributed by atoms with Crippen molar-refractivity contribution < 1.29 is 9.69 Å². The molecule has 1 aliphatic rings. The van der Waals surface area contributed by atoms with Crippen LogP contribution >= 0.6 is 11.8 Å². The summed E-state index contributed by atoms with van der Waals surface area (Å²) in [5, 5.41) is 6.15. The number of nitrogens with zero attached hydrogens (tertiary/aromatic N) is 2. The zero-order chi connectivity index (χ0) is 17.6. The Labute approximate surface area is 153 Å². The van der Waals surface area contributed by atoms with Crippen LogP contribution in [0, 0.1) is 0 Å². The Hall–Kier alpha value is -2.11. The lowest BCUT2D eigenvalue weighted by Crippen LogP contribution is -3.08. The Balaban J connectivity index is 1.55. The molecule has 0 aromatic heterocycles. The molecule has 0 fully saturated rings. The number of carbonyl (C=O) groups is 1. The van der Waals surface area contributed by atoms with E-state index in [0.29, 0.717) is 13.1 Å². The van der Waals surface area contributed by atoms with Crippen molar-refractivity contribution in [3.8, 4) is 0 Å². The van der Waals surface area contributed by atoms with Gasteiger partial charge in [-0.1, -0.05) is 42.5 Å². The van der Waals surface area contributed by atoms with Crippen LogP contribution in [0.4, 0.5) is 0 Å². The van der Waals surface area contributed by atoms with Gasteiger partial charge in [0.05, 0.1) is 19.3 Å². The van der Waals surface area contributed by atoms with Crippen molar-refractivity contribution in [2.45, 2.75) is 17.9 Å². The highest BCUT2D eigenvalue weighted by atomic mass is 32.2. The zero-order valence-electron chi connectivity index (χ0n) is 14.7. The summed E-state index contributed by atoms with van der Waals surface area (Å²) in [4.78, 5) is 15.0. The molecule has 2 aromatic rings. The third-order valence-electron chi connectivity index (χ3n) is 4.31. The maximum atomic E-state index is 12.5. The number of amides is 1. The van der Waals surface area contributed by atoms with Crippen molar-refractivity contribution in [2.24, 2.45) is 5.10 Å². The van der Waals surface area contributed by atoms with Gasteiger partial charge < -0.3 is 4.90 Å². The second-order valence-corrected chi connectivity index (χ2v) is 7.22. The van der Waals surface area contributed by atoms with Gasteiger partial charge in [0.1, 0.15) is 6.54 Å². The average molecular weight is 354 g/mol. The lowest BCUT2D eigenvalue weighted by molar-refractivity contribution is -0.885. The maximum Gasteiger partial charge on any atom is 0.297 e. The van der Waals surface area contributed by atoms with E-state index in [0.717, 1.165) is 24.2 Å². The summed E-state index contributed by atoms with van der Waals surface area (Å²) in [5.41, 5.74) is 3.35. The van der Waals surface area contributed by atoms with E-state index >= 15 is 0 Å². The normalized spacial score (nSPS) is 15.1. The maximum absolute atomic E-state index is 12.5. The molecule has 1 atom stereocenters. The van der Waals surface area contributed by atoms with E-state index in [1.54, 1.807) is 16.8 Å². The zero-order valence-corrected chi connectivity index (χ0v) is 15.6. The molecule has 3 rings (SSSR count). The van der Waals surface area contributed by atoms with Crippen LogP contribution in [0.2, 0.25) is 0 Å². The number of rotatable bonds is 6. The summed E-state index contributed by atoms with van der Waals surface area (Å²) in [6, 6.07) is 18.6. The largest absolute Gasteiger partial charge is 0.326 e. The van der Waals surface area contributed by atoms with Crippen LogP contribution in [-0.2, 0) is 11.3 Å². The van der Waals surface area contributed by atoms with E-state index in [9.17, 15) is 4.79 Å². The molecule has 2 aromatic carbocycles. The number of carbonyl (C=O) groups excluding carboxylic acids is 1. The van der Waals surface area contributed by atoms with Crippen molar-refractivity contribution in [1.82, 2.24) is 5.01 Å². The van der Waals surface area contributed by atoms with Crippen LogP contribution in [0.25, 0.3) is 0 Å². The molecule has 25 heavy (non-hydrogen) atoms. The van der Waals surface area contributed by atoms with Crippen LogP contribution in [0.15, 0.2) is 64.6 Å². The fraction of sp³-hybridized carbons (Fsp3) is 0.300. The van der Waals surface area contributed by atoms with Crippen LogP contribution in [-0.4, -0.2) is 43.0 Å². The molecule has 0 aliphatic carbocycles. The van der Waals surface area contributed by atoms with E-state index in [4.69, 9.17) is 0 Å². The Morgan fingerprint density at radius 1 is 1.16 bits per heavy atom. The van der Waals surface area contributed by atoms with E-state index in [2.05, 4.69) is 42.7 Å². The third-order valence-corrected chi connectivity index (χ3v) is 5.06. The van der Waals surface area contributed by atoms with E-state index in [-0.39, 0.29) is 5.91 Å². The smallest absolute Gasteiger partial charge is 0.297 e. The van der Waals surface area contributed by atoms with E-state index < -0.39 is 0 Å². The van der Waals surface area contributed by atoms with Gasteiger partial charge in [0, 0.05) is 16.9 Å². The number of quaternary nitrogens is 1. The summed E-state index contributed by atoms with van der Waals surface area (Å²) in [7, 11) is 2.05. The van der Waals surface area contributed by atoms with Crippen molar-refractivity contribution in [3.05, 3.63) is 65.7 Å². The van der Waals surface area contributed by atoms with Crippen LogP contribution in [0.3, 0.4) is 0 Å². The number of thioether (sulfide) groups is 1. The Bertz CT molecular complexity index is 743. The lowest BCUT2D eigenvalue weighted by Gasteiger charge is -2.17. The second kappa shape index (κ2) is 8.32. The van der Waals surface area contributed by atoms with Gasteiger partial charge in [0.2, 0.25) is 0 Å². The average Bonchev–Trinajstić information content (AvgIpc) is 3.13. The molecule has 4 nitrogen and oxygen atoms in total. The number of likely N-dealkylation sites (N-methyl/N-ethyl adjacent to an activating group) is 1. The summed E-state index contributed by atoms with van der Waals surface area (Å²) >= 11 is 1.74. The summed E-state index contributed by atoms with van der Waals surface area (Å²) < 4.78 is 0. The minimum atomic E-state index is 0.0872. The molecule has 0 saturated heterocycles. The lowest BCUT2D eigenvalue weighted by atomic mass is 10.1. The molecule has 1 unspecified atom stereocenters. The Morgan fingerprint density at radius 3 is 2.56 bits per heavy atom. The number of nitrogens with one attached hydrogen (secondary N) is 1.